The molecule has 0 radical (unpaired) electrons. The smallest absolute Gasteiger partial charge is 0.0775 e. The van der Waals surface area contributed by atoms with Gasteiger partial charge in [-0.3, -0.25) is 0 Å². The molecule has 0 aromatic rings. The van der Waals surface area contributed by atoms with Crippen LogP contribution in [0.3, 0.4) is 0 Å². The zero-order valence-corrected chi connectivity index (χ0v) is 11.8. The van der Waals surface area contributed by atoms with Crippen LogP contribution in [0.4, 0.5) is 0 Å². The van der Waals surface area contributed by atoms with Crippen molar-refractivity contribution in [1.82, 2.24) is 0 Å². The van der Waals surface area contributed by atoms with Crippen LogP contribution < -0.4 is 0 Å². The second-order valence-electron chi connectivity index (χ2n) is 6.17. The van der Waals surface area contributed by atoms with Gasteiger partial charge in [0.2, 0.25) is 0 Å². The molecule has 2 heteroatoms. The number of thioether (sulfide) groups is 1. The molecule has 1 aliphatic rings. The fraction of sp³-hybridized carbons (Fsp3) is 0.846. The van der Waals surface area contributed by atoms with Crippen molar-refractivity contribution in [3.63, 3.8) is 0 Å². The van der Waals surface area contributed by atoms with E-state index >= 15 is 0 Å². The Bertz CT molecular complexity index is 253. The summed E-state index contributed by atoms with van der Waals surface area (Å²) in [7, 11) is 0. The van der Waals surface area contributed by atoms with E-state index in [0.29, 0.717) is 0 Å². The molecule has 0 atom stereocenters. The highest BCUT2D eigenvalue weighted by molar-refractivity contribution is 8.04. The van der Waals surface area contributed by atoms with Gasteiger partial charge >= 0.3 is 0 Å². The molecule has 15 heavy (non-hydrogen) atoms. The summed E-state index contributed by atoms with van der Waals surface area (Å²) in [6.07, 6.45) is 1.10. The quantitative estimate of drug-likeness (QED) is 0.664. The molecule has 0 unspecified atom stereocenters. The first kappa shape index (κ1) is 13.1. The summed E-state index contributed by atoms with van der Waals surface area (Å²) >= 11 is 1.97. The van der Waals surface area contributed by atoms with E-state index in [1.165, 1.54) is 4.91 Å². The predicted molar refractivity (Wildman–Crippen MR) is 69.3 cm³/mol. The van der Waals surface area contributed by atoms with Crippen LogP contribution in [-0.4, -0.2) is 18.0 Å². The Hall–Kier alpha value is 0.0500. The summed E-state index contributed by atoms with van der Waals surface area (Å²) in [5, 5.41) is 0. The van der Waals surface area contributed by atoms with Crippen LogP contribution >= 0.6 is 11.8 Å². The molecule has 0 fully saturated rings. The highest BCUT2D eigenvalue weighted by atomic mass is 32.2. The van der Waals surface area contributed by atoms with E-state index in [1.54, 1.807) is 5.57 Å². The van der Waals surface area contributed by atoms with Crippen molar-refractivity contribution in [3.05, 3.63) is 10.5 Å². The minimum atomic E-state index is 0.284. The van der Waals surface area contributed by atoms with Crippen LogP contribution in [-0.2, 0) is 4.74 Å². The van der Waals surface area contributed by atoms with Gasteiger partial charge in [-0.15, -0.1) is 11.8 Å². The van der Waals surface area contributed by atoms with Crippen LogP contribution in [0.5, 0.6) is 0 Å². The molecule has 1 aliphatic heterocycles. The Morgan fingerprint density at radius 3 is 2.13 bits per heavy atom. The third-order valence-corrected chi connectivity index (χ3v) is 3.62. The van der Waals surface area contributed by atoms with Crippen molar-refractivity contribution in [3.8, 4) is 0 Å². The SMILES string of the molecule is CC(C)(C)SC1=C(C(C)(C)C)CCOC1. The van der Waals surface area contributed by atoms with Crippen LogP contribution in [0.15, 0.2) is 10.5 Å². The minimum Gasteiger partial charge on any atom is -0.376 e. The summed E-state index contributed by atoms with van der Waals surface area (Å²) in [4.78, 5) is 1.46. The van der Waals surface area contributed by atoms with Crippen molar-refractivity contribution >= 4 is 11.8 Å². The molecule has 0 spiro atoms. The van der Waals surface area contributed by atoms with Gasteiger partial charge in [0.25, 0.3) is 0 Å². The van der Waals surface area contributed by atoms with Gasteiger partial charge in [0.05, 0.1) is 13.2 Å². The van der Waals surface area contributed by atoms with Crippen LogP contribution in [0.2, 0.25) is 0 Å². The van der Waals surface area contributed by atoms with Crippen molar-refractivity contribution in [2.45, 2.75) is 52.7 Å². The maximum atomic E-state index is 5.57. The topological polar surface area (TPSA) is 9.23 Å². The first-order valence-corrected chi connectivity index (χ1v) is 6.51. The van der Waals surface area contributed by atoms with Gasteiger partial charge in [-0.1, -0.05) is 47.1 Å². The third kappa shape index (κ3) is 4.20. The van der Waals surface area contributed by atoms with Crippen molar-refractivity contribution in [1.29, 1.82) is 0 Å². The highest BCUT2D eigenvalue weighted by Gasteiger charge is 2.26. The summed E-state index contributed by atoms with van der Waals surface area (Å²) in [5.41, 5.74) is 1.88. The summed E-state index contributed by atoms with van der Waals surface area (Å²) in [5.74, 6) is 0. The molecule has 1 heterocycles. The fourth-order valence-corrected chi connectivity index (χ4v) is 3.23. The Morgan fingerprint density at radius 2 is 1.67 bits per heavy atom. The largest absolute Gasteiger partial charge is 0.376 e. The second kappa shape index (κ2) is 4.50. The lowest BCUT2D eigenvalue weighted by Gasteiger charge is -2.32. The minimum absolute atomic E-state index is 0.284. The van der Waals surface area contributed by atoms with E-state index in [-0.39, 0.29) is 10.2 Å². The fourth-order valence-electron chi connectivity index (χ4n) is 1.82. The van der Waals surface area contributed by atoms with Gasteiger partial charge in [0, 0.05) is 9.65 Å². The summed E-state index contributed by atoms with van der Waals surface area (Å²) < 4.78 is 5.86. The third-order valence-electron chi connectivity index (χ3n) is 2.40. The Balaban J connectivity index is 2.92. The molecule has 1 nitrogen and oxygen atoms in total. The lowest BCUT2D eigenvalue weighted by atomic mass is 9.84. The maximum Gasteiger partial charge on any atom is 0.0775 e. The number of hydrogen-bond donors (Lipinski definition) is 0. The molecule has 0 bridgehead atoms. The molecule has 0 saturated carbocycles. The lowest BCUT2D eigenvalue weighted by Crippen LogP contribution is -2.22. The van der Waals surface area contributed by atoms with Crippen LogP contribution in [0.1, 0.15) is 48.0 Å². The van der Waals surface area contributed by atoms with Gasteiger partial charge in [-0.2, -0.15) is 0 Å². The van der Waals surface area contributed by atoms with Crippen LogP contribution in [0, 0.1) is 5.41 Å². The van der Waals surface area contributed by atoms with Crippen LogP contribution in [0.25, 0.3) is 0 Å². The number of ether oxygens (including phenoxy) is 1. The van der Waals surface area contributed by atoms with E-state index in [1.807, 2.05) is 11.8 Å². The predicted octanol–water partition coefficient (Wildman–Crippen LogP) is 4.24. The van der Waals surface area contributed by atoms with E-state index in [4.69, 9.17) is 4.74 Å². The van der Waals surface area contributed by atoms with E-state index in [0.717, 1.165) is 19.6 Å². The summed E-state index contributed by atoms with van der Waals surface area (Å²) in [6.45, 7) is 15.4. The van der Waals surface area contributed by atoms with Crippen molar-refractivity contribution in [2.24, 2.45) is 5.41 Å². The Morgan fingerprint density at radius 1 is 1.07 bits per heavy atom. The van der Waals surface area contributed by atoms with Gasteiger partial charge < -0.3 is 4.74 Å². The van der Waals surface area contributed by atoms with Gasteiger partial charge in [-0.05, 0) is 11.8 Å². The van der Waals surface area contributed by atoms with Crippen molar-refractivity contribution in [2.75, 3.05) is 13.2 Å². The molecule has 0 aromatic carbocycles. The molecule has 0 saturated heterocycles. The molecule has 1 rings (SSSR count). The second-order valence-corrected chi connectivity index (χ2v) is 8.09. The molecular formula is C13H24OS. The Labute approximate surface area is 98.7 Å². The maximum absolute atomic E-state index is 5.57. The highest BCUT2D eigenvalue weighted by Crippen LogP contribution is 2.41. The lowest BCUT2D eigenvalue weighted by molar-refractivity contribution is 0.144. The molecule has 88 valence electrons. The first-order chi connectivity index (χ1) is 6.70. The average molecular weight is 228 g/mol. The van der Waals surface area contributed by atoms with E-state index < -0.39 is 0 Å². The number of rotatable bonds is 1. The molecule has 0 aliphatic carbocycles. The first-order valence-electron chi connectivity index (χ1n) is 5.69. The van der Waals surface area contributed by atoms with E-state index in [9.17, 15) is 0 Å². The van der Waals surface area contributed by atoms with Crippen molar-refractivity contribution < 1.29 is 4.74 Å². The summed E-state index contributed by atoms with van der Waals surface area (Å²) in [6, 6.07) is 0. The molecular weight excluding hydrogens is 204 g/mol. The number of hydrogen-bond acceptors (Lipinski definition) is 2. The van der Waals surface area contributed by atoms with Gasteiger partial charge in [0.1, 0.15) is 0 Å². The van der Waals surface area contributed by atoms with Gasteiger partial charge in [0.15, 0.2) is 0 Å². The zero-order chi connectivity index (χ0) is 11.7. The molecule has 0 aromatic heterocycles. The zero-order valence-electron chi connectivity index (χ0n) is 10.9. The van der Waals surface area contributed by atoms with E-state index in [2.05, 4.69) is 41.5 Å². The average Bonchev–Trinajstić information content (AvgIpc) is 1.99. The van der Waals surface area contributed by atoms with Gasteiger partial charge in [-0.25, -0.2) is 0 Å². The monoisotopic (exact) mass is 228 g/mol. The Kier molecular flexibility index (Phi) is 3.94. The molecule has 0 N–H and O–H groups in total. The standard InChI is InChI=1S/C13H24OS/c1-12(2,3)10-7-8-14-9-11(10)15-13(4,5)6/h7-9H2,1-6H3. The molecule has 0 amide bonds. The normalized spacial score (nSPS) is 19.6.